The largest absolute Gasteiger partial charge is 0.459 e. The van der Waals surface area contributed by atoms with E-state index in [1.54, 1.807) is 26.8 Å². The maximum atomic E-state index is 13.0. The molecule has 1 rings (SSSR count). The standard InChI is InChI=1S/C15H19F4N3O2S/c1-5-11(7-6-10(4)16)22(9(2)3)12(23)8-24-14-21-20-13(25-14)15(17,18)19/h5-7,9-10H,8H2,1-4H3/b7-6-,11-5+. The highest BCUT2D eigenvalue weighted by molar-refractivity contribution is 7.13. The van der Waals surface area contributed by atoms with E-state index in [4.69, 9.17) is 4.74 Å². The first kappa shape index (κ1) is 21.1. The Hall–Kier alpha value is -1.97. The molecule has 1 unspecified atom stereocenters. The molecule has 0 N–H and O–H groups in total. The summed E-state index contributed by atoms with van der Waals surface area (Å²) in [6.07, 6.45) is -1.41. The summed E-state index contributed by atoms with van der Waals surface area (Å²) in [5.41, 5.74) is 0.460. The zero-order chi connectivity index (χ0) is 19.2. The van der Waals surface area contributed by atoms with Crippen LogP contribution in [0.2, 0.25) is 0 Å². The van der Waals surface area contributed by atoms with Crippen molar-refractivity contribution in [1.82, 2.24) is 15.1 Å². The molecule has 0 saturated carbocycles. The maximum absolute atomic E-state index is 13.0. The zero-order valence-electron chi connectivity index (χ0n) is 14.2. The van der Waals surface area contributed by atoms with Crippen LogP contribution in [0.25, 0.3) is 0 Å². The highest BCUT2D eigenvalue weighted by Gasteiger charge is 2.36. The van der Waals surface area contributed by atoms with Crippen molar-refractivity contribution < 1.29 is 27.1 Å². The van der Waals surface area contributed by atoms with E-state index in [-0.39, 0.29) is 22.6 Å². The molecule has 1 heterocycles. The number of carbonyl (C=O) groups excluding carboxylic acids is 1. The van der Waals surface area contributed by atoms with E-state index in [9.17, 15) is 22.4 Å². The Kier molecular flexibility index (Phi) is 7.53. The van der Waals surface area contributed by atoms with Crippen molar-refractivity contribution >= 4 is 17.2 Å². The van der Waals surface area contributed by atoms with Gasteiger partial charge in [0, 0.05) is 11.7 Å². The van der Waals surface area contributed by atoms with E-state index in [1.807, 2.05) is 0 Å². The van der Waals surface area contributed by atoms with Crippen LogP contribution in [0.1, 0.15) is 32.7 Å². The third-order valence-corrected chi connectivity index (χ3v) is 3.74. The van der Waals surface area contributed by atoms with Crippen LogP contribution in [0.15, 0.2) is 23.9 Å². The fraction of sp³-hybridized carbons (Fsp3) is 0.533. The number of rotatable bonds is 7. The number of carbonyl (C=O) groups is 1. The minimum absolute atomic E-state index is 0.212. The normalized spacial score (nSPS) is 14.2. The summed E-state index contributed by atoms with van der Waals surface area (Å²) in [5, 5.41) is 4.74. The molecule has 0 bridgehead atoms. The van der Waals surface area contributed by atoms with Crippen LogP contribution in [-0.4, -0.2) is 39.8 Å². The minimum Gasteiger partial charge on any atom is -0.459 e. The molecule has 1 aromatic rings. The summed E-state index contributed by atoms with van der Waals surface area (Å²) in [7, 11) is 0. The smallest absolute Gasteiger partial charge is 0.445 e. The van der Waals surface area contributed by atoms with E-state index < -0.39 is 29.9 Å². The van der Waals surface area contributed by atoms with Gasteiger partial charge < -0.3 is 9.64 Å². The SMILES string of the molecule is C/C=C(\C=C/C(C)F)N(C(=O)COc1nnc(C(F)(F)F)s1)C(C)C. The Morgan fingerprint density at radius 2 is 1.96 bits per heavy atom. The predicted octanol–water partition coefficient (Wildman–Crippen LogP) is 3.99. The van der Waals surface area contributed by atoms with Crippen LogP contribution in [0.4, 0.5) is 17.6 Å². The van der Waals surface area contributed by atoms with Crippen molar-refractivity contribution in [1.29, 1.82) is 0 Å². The molecule has 10 heteroatoms. The fourth-order valence-electron chi connectivity index (χ4n) is 1.85. The van der Waals surface area contributed by atoms with Gasteiger partial charge in [0.2, 0.25) is 5.01 Å². The molecule has 25 heavy (non-hydrogen) atoms. The molecule has 1 aromatic heterocycles. The summed E-state index contributed by atoms with van der Waals surface area (Å²) >= 11 is 0.212. The van der Waals surface area contributed by atoms with Gasteiger partial charge in [-0.15, -0.1) is 5.10 Å². The van der Waals surface area contributed by atoms with Crippen LogP contribution in [-0.2, 0) is 11.0 Å². The lowest BCUT2D eigenvalue weighted by Crippen LogP contribution is -2.38. The van der Waals surface area contributed by atoms with Crippen molar-refractivity contribution in [3.63, 3.8) is 0 Å². The minimum atomic E-state index is -4.61. The molecular formula is C15H19F4N3O2S. The van der Waals surface area contributed by atoms with Crippen LogP contribution in [0.3, 0.4) is 0 Å². The average molecular weight is 381 g/mol. The van der Waals surface area contributed by atoms with Crippen LogP contribution in [0, 0.1) is 0 Å². The lowest BCUT2D eigenvalue weighted by Gasteiger charge is -2.27. The number of nitrogens with zero attached hydrogens (tertiary/aromatic N) is 3. The lowest BCUT2D eigenvalue weighted by molar-refractivity contribution is -0.138. The Bertz CT molecular complexity index is 639. The second kappa shape index (κ2) is 8.93. The van der Waals surface area contributed by atoms with Gasteiger partial charge in [0.05, 0.1) is 0 Å². The third-order valence-electron chi connectivity index (χ3n) is 2.86. The third kappa shape index (κ3) is 6.45. The van der Waals surface area contributed by atoms with Gasteiger partial charge in [0.1, 0.15) is 6.17 Å². The molecule has 0 fully saturated rings. The Morgan fingerprint density at radius 1 is 1.32 bits per heavy atom. The monoisotopic (exact) mass is 381 g/mol. The van der Waals surface area contributed by atoms with Crippen molar-refractivity contribution in [3.8, 4) is 5.19 Å². The summed E-state index contributed by atoms with van der Waals surface area (Å²) in [6, 6.07) is -0.262. The van der Waals surface area contributed by atoms with Gasteiger partial charge in [0.15, 0.2) is 6.61 Å². The molecule has 0 aliphatic rings. The first-order valence-corrected chi connectivity index (χ1v) is 8.22. The first-order chi connectivity index (χ1) is 11.6. The average Bonchev–Trinajstić information content (AvgIpc) is 2.97. The van der Waals surface area contributed by atoms with Gasteiger partial charge in [-0.05, 0) is 39.8 Å². The molecule has 0 saturated heterocycles. The van der Waals surface area contributed by atoms with E-state index in [2.05, 4.69) is 10.2 Å². The molecule has 0 aromatic carbocycles. The quantitative estimate of drug-likeness (QED) is 0.529. The lowest BCUT2D eigenvalue weighted by atomic mass is 10.2. The van der Waals surface area contributed by atoms with E-state index in [1.165, 1.54) is 24.0 Å². The Morgan fingerprint density at radius 3 is 2.40 bits per heavy atom. The molecule has 1 atom stereocenters. The predicted molar refractivity (Wildman–Crippen MR) is 85.9 cm³/mol. The first-order valence-electron chi connectivity index (χ1n) is 7.40. The fourth-order valence-corrected chi connectivity index (χ4v) is 2.41. The van der Waals surface area contributed by atoms with Crippen molar-refractivity contribution in [2.24, 2.45) is 0 Å². The molecule has 0 spiro atoms. The maximum Gasteiger partial charge on any atom is 0.445 e. The van der Waals surface area contributed by atoms with Gasteiger partial charge in [-0.1, -0.05) is 22.5 Å². The van der Waals surface area contributed by atoms with E-state index >= 15 is 0 Å². The van der Waals surface area contributed by atoms with Crippen LogP contribution in [0.5, 0.6) is 5.19 Å². The number of halogens is 4. The number of ether oxygens (including phenoxy) is 1. The van der Waals surface area contributed by atoms with Gasteiger partial charge in [-0.2, -0.15) is 13.2 Å². The van der Waals surface area contributed by atoms with Gasteiger partial charge in [-0.3, -0.25) is 4.79 Å². The van der Waals surface area contributed by atoms with E-state index in [0.717, 1.165) is 0 Å². The van der Waals surface area contributed by atoms with Crippen LogP contribution >= 0.6 is 11.3 Å². The van der Waals surface area contributed by atoms with Gasteiger partial charge in [-0.25, -0.2) is 4.39 Å². The summed E-state index contributed by atoms with van der Waals surface area (Å²) in [6.45, 7) is 6.03. The molecule has 140 valence electrons. The summed E-state index contributed by atoms with van der Waals surface area (Å²) in [4.78, 5) is 13.7. The van der Waals surface area contributed by atoms with Gasteiger partial charge in [0.25, 0.3) is 11.1 Å². The van der Waals surface area contributed by atoms with Crippen LogP contribution < -0.4 is 4.74 Å². The van der Waals surface area contributed by atoms with Crippen molar-refractivity contribution in [3.05, 3.63) is 28.9 Å². The number of amides is 1. The number of hydrogen-bond acceptors (Lipinski definition) is 5. The molecule has 1 amide bonds. The molecule has 0 aliphatic carbocycles. The Labute approximate surface area is 147 Å². The number of alkyl halides is 4. The number of hydrogen-bond donors (Lipinski definition) is 0. The second-order valence-electron chi connectivity index (χ2n) is 5.27. The van der Waals surface area contributed by atoms with Gasteiger partial charge >= 0.3 is 6.18 Å². The topological polar surface area (TPSA) is 55.3 Å². The highest BCUT2D eigenvalue weighted by Crippen LogP contribution is 2.33. The molecular weight excluding hydrogens is 362 g/mol. The zero-order valence-corrected chi connectivity index (χ0v) is 15.0. The molecule has 0 radical (unpaired) electrons. The highest BCUT2D eigenvalue weighted by atomic mass is 32.1. The molecule has 5 nitrogen and oxygen atoms in total. The van der Waals surface area contributed by atoms with Crippen molar-refractivity contribution in [2.45, 2.75) is 46.1 Å². The number of aromatic nitrogens is 2. The van der Waals surface area contributed by atoms with E-state index in [0.29, 0.717) is 5.70 Å². The summed E-state index contributed by atoms with van der Waals surface area (Å²) < 4.78 is 55.4. The molecule has 0 aliphatic heterocycles. The number of allylic oxidation sites excluding steroid dienone is 3. The second-order valence-corrected chi connectivity index (χ2v) is 6.21. The summed E-state index contributed by atoms with van der Waals surface area (Å²) in [5.74, 6) is -0.497. The Balaban J connectivity index is 2.82. The van der Waals surface area contributed by atoms with Crippen molar-refractivity contribution in [2.75, 3.05) is 6.61 Å².